The van der Waals surface area contributed by atoms with Crippen LogP contribution in [0.1, 0.15) is 45.4 Å². The molecule has 0 aromatic heterocycles. The zero-order valence-electron chi connectivity index (χ0n) is 13.2. The Kier molecular flexibility index (Phi) is 3.25. The Morgan fingerprint density at radius 1 is 1.27 bits per heavy atom. The summed E-state index contributed by atoms with van der Waals surface area (Å²) in [6.45, 7) is 2.55. The van der Waals surface area contributed by atoms with Crippen molar-refractivity contribution in [1.29, 1.82) is 5.26 Å². The molecule has 1 amide bonds. The smallest absolute Gasteiger partial charge is 0.237 e. The quantitative estimate of drug-likeness (QED) is 0.816. The van der Waals surface area contributed by atoms with Gasteiger partial charge in [-0.2, -0.15) is 5.26 Å². The van der Waals surface area contributed by atoms with E-state index in [9.17, 15) is 15.2 Å². The molecule has 120 valence electrons. The van der Waals surface area contributed by atoms with Crippen LogP contribution in [-0.2, 0) is 4.79 Å². The van der Waals surface area contributed by atoms with Gasteiger partial charge in [-0.3, -0.25) is 4.79 Å². The van der Waals surface area contributed by atoms with Crippen molar-refractivity contribution in [3.8, 4) is 6.07 Å². The summed E-state index contributed by atoms with van der Waals surface area (Å²) in [5.74, 6) is 1.88. The number of nitriles is 1. The minimum atomic E-state index is -0.205. The summed E-state index contributed by atoms with van der Waals surface area (Å²) < 4.78 is 0. The first-order chi connectivity index (χ1) is 10.5. The Morgan fingerprint density at radius 2 is 1.95 bits per heavy atom. The van der Waals surface area contributed by atoms with Crippen LogP contribution >= 0.6 is 0 Å². The van der Waals surface area contributed by atoms with Crippen molar-refractivity contribution in [2.24, 2.45) is 17.8 Å². The van der Waals surface area contributed by atoms with Crippen LogP contribution in [0, 0.1) is 29.1 Å². The molecular weight excluding hydrogens is 278 g/mol. The van der Waals surface area contributed by atoms with E-state index in [1.54, 1.807) is 0 Å². The van der Waals surface area contributed by atoms with E-state index in [1.807, 2.05) is 4.90 Å². The van der Waals surface area contributed by atoms with Crippen LogP contribution in [0.5, 0.6) is 0 Å². The fourth-order valence-corrected chi connectivity index (χ4v) is 5.38. The third-order valence-electron chi connectivity index (χ3n) is 6.45. The number of fused-ring (bicyclic) bond motifs is 2. The highest BCUT2D eigenvalue weighted by Gasteiger charge is 2.54. The first kappa shape index (κ1) is 14.5. The summed E-state index contributed by atoms with van der Waals surface area (Å²) in [6, 6.07) is 2.41. The maximum absolute atomic E-state index is 12.5. The summed E-state index contributed by atoms with van der Waals surface area (Å²) in [5.41, 5.74) is 0.00987. The SMILES string of the molecule is CC1(NCC(=O)N2[C@H](C#N)C[C@@H]3C[C@@H]32)C[C@H]2C[C@H](O)C[C@H]2C1. The number of likely N-dealkylation sites (tertiary alicyclic amines) is 1. The van der Waals surface area contributed by atoms with Gasteiger partial charge in [0.15, 0.2) is 0 Å². The fraction of sp³-hybridized carbons (Fsp3) is 0.882. The Labute approximate surface area is 131 Å². The van der Waals surface area contributed by atoms with Crippen LogP contribution < -0.4 is 5.32 Å². The Morgan fingerprint density at radius 3 is 2.59 bits per heavy atom. The molecule has 0 aromatic carbocycles. The van der Waals surface area contributed by atoms with Crippen molar-refractivity contribution >= 4 is 5.91 Å². The second kappa shape index (κ2) is 4.94. The van der Waals surface area contributed by atoms with E-state index >= 15 is 0 Å². The third kappa shape index (κ3) is 2.33. The van der Waals surface area contributed by atoms with Gasteiger partial charge in [-0.1, -0.05) is 0 Å². The zero-order chi connectivity index (χ0) is 15.5. The molecule has 1 heterocycles. The van der Waals surface area contributed by atoms with Gasteiger partial charge < -0.3 is 15.3 Å². The molecule has 5 nitrogen and oxygen atoms in total. The molecule has 3 saturated carbocycles. The fourth-order valence-electron chi connectivity index (χ4n) is 5.38. The first-order valence-corrected chi connectivity index (χ1v) is 8.63. The lowest BCUT2D eigenvalue weighted by Crippen LogP contribution is -2.49. The van der Waals surface area contributed by atoms with Crippen molar-refractivity contribution in [3.63, 3.8) is 0 Å². The van der Waals surface area contributed by atoms with Gasteiger partial charge >= 0.3 is 0 Å². The average Bonchev–Trinajstić information content (AvgIpc) is 2.83. The van der Waals surface area contributed by atoms with Crippen LogP contribution in [0.15, 0.2) is 0 Å². The van der Waals surface area contributed by atoms with Crippen molar-refractivity contribution in [2.75, 3.05) is 6.54 Å². The summed E-state index contributed by atoms with van der Waals surface area (Å²) >= 11 is 0. The number of rotatable bonds is 3. The van der Waals surface area contributed by atoms with Crippen LogP contribution in [0.2, 0.25) is 0 Å². The van der Waals surface area contributed by atoms with Crippen LogP contribution in [0.4, 0.5) is 0 Å². The monoisotopic (exact) mass is 303 g/mol. The van der Waals surface area contributed by atoms with Gasteiger partial charge in [-0.15, -0.1) is 0 Å². The minimum Gasteiger partial charge on any atom is -0.393 e. The largest absolute Gasteiger partial charge is 0.393 e. The summed E-state index contributed by atoms with van der Waals surface area (Å²) in [5, 5.41) is 22.4. The third-order valence-corrected chi connectivity index (χ3v) is 6.45. The highest BCUT2D eigenvalue weighted by Crippen LogP contribution is 2.49. The van der Waals surface area contributed by atoms with E-state index in [-0.39, 0.29) is 23.6 Å². The molecule has 7 atom stereocenters. The molecule has 0 aromatic rings. The minimum absolute atomic E-state index is 0.00987. The van der Waals surface area contributed by atoms with E-state index < -0.39 is 0 Å². The molecule has 4 fully saturated rings. The zero-order valence-corrected chi connectivity index (χ0v) is 13.2. The van der Waals surface area contributed by atoms with Gasteiger partial charge in [-0.25, -0.2) is 0 Å². The molecular formula is C17H25N3O2. The molecule has 5 heteroatoms. The first-order valence-electron chi connectivity index (χ1n) is 8.63. The Bertz CT molecular complexity index is 514. The van der Waals surface area contributed by atoms with E-state index in [2.05, 4.69) is 18.3 Å². The van der Waals surface area contributed by atoms with Gasteiger partial charge in [0.1, 0.15) is 6.04 Å². The van der Waals surface area contributed by atoms with Gasteiger partial charge in [0.25, 0.3) is 0 Å². The Balaban J connectivity index is 1.33. The van der Waals surface area contributed by atoms with Crippen molar-refractivity contribution in [2.45, 2.75) is 69.2 Å². The second-order valence-electron chi connectivity index (χ2n) is 8.21. The number of carbonyl (C=O) groups excluding carboxylic acids is 1. The van der Waals surface area contributed by atoms with Crippen molar-refractivity contribution in [1.82, 2.24) is 10.2 Å². The highest BCUT2D eigenvalue weighted by molar-refractivity contribution is 5.80. The number of hydrogen-bond donors (Lipinski definition) is 2. The van der Waals surface area contributed by atoms with Gasteiger partial charge in [0.2, 0.25) is 5.91 Å². The molecule has 4 aliphatic rings. The van der Waals surface area contributed by atoms with E-state index in [4.69, 9.17) is 0 Å². The lowest BCUT2D eigenvalue weighted by Gasteiger charge is -2.29. The van der Waals surface area contributed by atoms with Crippen LogP contribution in [0.3, 0.4) is 0 Å². The number of aliphatic hydroxyl groups is 1. The average molecular weight is 303 g/mol. The number of nitrogens with zero attached hydrogens (tertiary/aromatic N) is 2. The number of aliphatic hydroxyl groups excluding tert-OH is 1. The lowest BCUT2D eigenvalue weighted by atomic mass is 9.95. The van der Waals surface area contributed by atoms with Crippen LogP contribution in [-0.4, -0.2) is 46.2 Å². The van der Waals surface area contributed by atoms with Crippen molar-refractivity contribution < 1.29 is 9.90 Å². The Hall–Kier alpha value is -1.12. The number of carbonyl (C=O) groups is 1. The summed E-state index contributed by atoms with van der Waals surface area (Å²) in [4.78, 5) is 14.4. The number of amides is 1. The number of piperidine rings is 1. The maximum atomic E-state index is 12.5. The van der Waals surface area contributed by atoms with E-state index in [0.29, 0.717) is 30.3 Å². The van der Waals surface area contributed by atoms with Gasteiger partial charge in [-0.05, 0) is 63.2 Å². The summed E-state index contributed by atoms with van der Waals surface area (Å²) in [6.07, 6.45) is 5.78. The molecule has 0 spiro atoms. The normalized spacial score (nSPS) is 48.9. The molecule has 0 radical (unpaired) electrons. The molecule has 3 aliphatic carbocycles. The number of nitrogens with one attached hydrogen (secondary N) is 1. The number of hydrogen-bond acceptors (Lipinski definition) is 4. The molecule has 1 unspecified atom stereocenters. The molecule has 1 aliphatic heterocycles. The molecule has 0 bridgehead atoms. The molecule has 1 saturated heterocycles. The lowest BCUT2D eigenvalue weighted by molar-refractivity contribution is -0.131. The maximum Gasteiger partial charge on any atom is 0.237 e. The predicted molar refractivity (Wildman–Crippen MR) is 80.6 cm³/mol. The predicted octanol–water partition coefficient (Wildman–Crippen LogP) is 1.03. The molecule has 4 rings (SSSR count). The van der Waals surface area contributed by atoms with E-state index in [0.717, 1.165) is 38.5 Å². The standard InChI is InChI=1S/C17H25N3O2/c1-17(6-11-3-14(21)4-12(11)7-17)19-9-16(22)20-13(8-18)2-10-5-15(10)20/h10-15,19,21H,2-7,9H2,1H3/t10-,11-,12+,13+,14+,15+,17?/m1/s1. The van der Waals surface area contributed by atoms with Crippen molar-refractivity contribution in [3.05, 3.63) is 0 Å². The summed E-state index contributed by atoms with van der Waals surface area (Å²) in [7, 11) is 0. The molecule has 22 heavy (non-hydrogen) atoms. The molecule has 2 N–H and O–H groups in total. The highest BCUT2D eigenvalue weighted by atomic mass is 16.3. The van der Waals surface area contributed by atoms with E-state index in [1.165, 1.54) is 0 Å². The second-order valence-corrected chi connectivity index (χ2v) is 8.21. The van der Waals surface area contributed by atoms with Gasteiger partial charge in [0, 0.05) is 11.6 Å². The van der Waals surface area contributed by atoms with Crippen LogP contribution in [0.25, 0.3) is 0 Å². The topological polar surface area (TPSA) is 76.4 Å². The van der Waals surface area contributed by atoms with Gasteiger partial charge in [0.05, 0.1) is 18.7 Å².